The van der Waals surface area contributed by atoms with Crippen LogP contribution in [0.3, 0.4) is 0 Å². The summed E-state index contributed by atoms with van der Waals surface area (Å²) in [4.78, 5) is 31.8. The number of imidazole rings is 1. The molecule has 0 atom stereocenters. The number of aryl methyl sites for hydroxylation is 1. The van der Waals surface area contributed by atoms with Gasteiger partial charge in [-0.3, -0.25) is 10.1 Å². The molecule has 10 heteroatoms. The second-order valence-corrected chi connectivity index (χ2v) is 6.88. The van der Waals surface area contributed by atoms with Gasteiger partial charge in [-0.2, -0.15) is 15.0 Å². The first kappa shape index (κ1) is 19.0. The van der Waals surface area contributed by atoms with E-state index < -0.39 is 0 Å². The van der Waals surface area contributed by atoms with Crippen LogP contribution in [0.4, 0.5) is 17.8 Å². The molecular weight excluding hydrogens is 346 g/mol. The Labute approximate surface area is 158 Å². The minimum Gasteiger partial charge on any atom is -0.353 e. The van der Waals surface area contributed by atoms with Crippen LogP contribution in [0.25, 0.3) is 0 Å². The maximum Gasteiger partial charge on any atom is 0.269 e. The summed E-state index contributed by atoms with van der Waals surface area (Å²) >= 11 is 0. The minimum atomic E-state index is -0.114. The van der Waals surface area contributed by atoms with Crippen LogP contribution >= 0.6 is 0 Å². The van der Waals surface area contributed by atoms with Gasteiger partial charge >= 0.3 is 0 Å². The maximum atomic E-state index is 12.3. The molecule has 1 fully saturated rings. The number of hydrogen-bond acceptors (Lipinski definition) is 8. The SMILES string of the molecule is CCc1nc(NCCN(C)C)nc(Nc2ncc(C(=O)NC3CC3)n2C)n1. The number of nitrogens with zero attached hydrogens (tertiary/aromatic N) is 6. The molecule has 0 spiro atoms. The zero-order chi connectivity index (χ0) is 19.4. The highest BCUT2D eigenvalue weighted by atomic mass is 16.2. The van der Waals surface area contributed by atoms with Crippen LogP contribution in [-0.4, -0.2) is 68.5 Å². The van der Waals surface area contributed by atoms with Crippen molar-refractivity contribution < 1.29 is 4.79 Å². The molecule has 27 heavy (non-hydrogen) atoms. The summed E-state index contributed by atoms with van der Waals surface area (Å²) in [7, 11) is 5.81. The molecule has 0 radical (unpaired) electrons. The Morgan fingerprint density at radius 3 is 2.67 bits per heavy atom. The summed E-state index contributed by atoms with van der Waals surface area (Å²) in [6, 6.07) is 0.301. The maximum absolute atomic E-state index is 12.3. The van der Waals surface area contributed by atoms with Crippen LogP contribution in [0.2, 0.25) is 0 Å². The van der Waals surface area contributed by atoms with Crippen molar-refractivity contribution in [2.75, 3.05) is 37.8 Å². The Balaban J connectivity index is 1.72. The molecule has 2 aromatic rings. The van der Waals surface area contributed by atoms with Gasteiger partial charge in [0.25, 0.3) is 5.91 Å². The van der Waals surface area contributed by atoms with E-state index in [0.29, 0.717) is 41.8 Å². The molecule has 146 valence electrons. The molecule has 2 heterocycles. The first-order valence-corrected chi connectivity index (χ1v) is 9.19. The van der Waals surface area contributed by atoms with Crippen LogP contribution in [0, 0.1) is 0 Å². The van der Waals surface area contributed by atoms with Crippen molar-refractivity contribution in [1.82, 2.24) is 34.7 Å². The van der Waals surface area contributed by atoms with Gasteiger partial charge in [-0.25, -0.2) is 4.98 Å². The molecule has 1 aliphatic rings. The van der Waals surface area contributed by atoms with Gasteiger partial charge in [0, 0.05) is 32.6 Å². The largest absolute Gasteiger partial charge is 0.353 e. The lowest BCUT2D eigenvalue weighted by molar-refractivity contribution is 0.0943. The summed E-state index contributed by atoms with van der Waals surface area (Å²) < 4.78 is 1.70. The Bertz CT molecular complexity index is 798. The number of aromatic nitrogens is 5. The van der Waals surface area contributed by atoms with E-state index in [1.165, 1.54) is 0 Å². The van der Waals surface area contributed by atoms with Gasteiger partial charge in [-0.05, 0) is 26.9 Å². The van der Waals surface area contributed by atoms with Gasteiger partial charge in [0.15, 0.2) is 0 Å². The van der Waals surface area contributed by atoms with Crippen molar-refractivity contribution in [2.45, 2.75) is 32.2 Å². The summed E-state index contributed by atoms with van der Waals surface area (Å²) in [6.07, 6.45) is 4.33. The van der Waals surface area contributed by atoms with E-state index in [0.717, 1.165) is 25.9 Å². The molecule has 0 aromatic carbocycles. The number of anilines is 3. The summed E-state index contributed by atoms with van der Waals surface area (Å²) in [5.74, 6) is 1.99. The van der Waals surface area contributed by atoms with Gasteiger partial charge in [-0.1, -0.05) is 6.92 Å². The first-order valence-electron chi connectivity index (χ1n) is 9.19. The molecule has 0 bridgehead atoms. The number of amides is 1. The lowest BCUT2D eigenvalue weighted by atomic mass is 10.4. The molecule has 3 rings (SSSR count). The van der Waals surface area contributed by atoms with Crippen LogP contribution in [-0.2, 0) is 13.5 Å². The standard InChI is InChI=1S/C17H27N9O/c1-5-13-21-15(18-8-9-25(2)3)23-16(22-13)24-17-19-10-12(26(17)4)14(27)20-11-6-7-11/h10-11H,5-9H2,1-4H3,(H,20,27)(H2,18,19,21,22,23,24). The zero-order valence-corrected chi connectivity index (χ0v) is 16.3. The van der Waals surface area contributed by atoms with E-state index in [1.807, 2.05) is 21.0 Å². The second kappa shape index (κ2) is 8.30. The van der Waals surface area contributed by atoms with Gasteiger partial charge < -0.3 is 20.1 Å². The molecule has 0 aliphatic heterocycles. The molecule has 2 aromatic heterocycles. The smallest absolute Gasteiger partial charge is 0.269 e. The van der Waals surface area contributed by atoms with E-state index in [2.05, 4.69) is 40.8 Å². The topological polar surface area (TPSA) is 113 Å². The lowest BCUT2D eigenvalue weighted by Crippen LogP contribution is -2.27. The molecule has 0 unspecified atom stereocenters. The molecule has 3 N–H and O–H groups in total. The van der Waals surface area contributed by atoms with Crippen LogP contribution in [0.15, 0.2) is 6.20 Å². The second-order valence-electron chi connectivity index (χ2n) is 6.88. The highest BCUT2D eigenvalue weighted by Crippen LogP contribution is 2.20. The molecule has 1 saturated carbocycles. The third-order valence-electron chi connectivity index (χ3n) is 4.20. The molecule has 10 nitrogen and oxygen atoms in total. The fourth-order valence-electron chi connectivity index (χ4n) is 2.43. The van der Waals surface area contributed by atoms with Crippen molar-refractivity contribution in [2.24, 2.45) is 7.05 Å². The van der Waals surface area contributed by atoms with Crippen LogP contribution in [0.5, 0.6) is 0 Å². The van der Waals surface area contributed by atoms with E-state index >= 15 is 0 Å². The van der Waals surface area contributed by atoms with Crippen LogP contribution < -0.4 is 16.0 Å². The van der Waals surface area contributed by atoms with Crippen molar-refractivity contribution in [3.8, 4) is 0 Å². The van der Waals surface area contributed by atoms with E-state index in [4.69, 9.17) is 0 Å². The van der Waals surface area contributed by atoms with Crippen molar-refractivity contribution in [3.05, 3.63) is 17.7 Å². The fourth-order valence-corrected chi connectivity index (χ4v) is 2.43. The Morgan fingerprint density at radius 2 is 2.00 bits per heavy atom. The Kier molecular flexibility index (Phi) is 5.84. The van der Waals surface area contributed by atoms with Crippen LogP contribution in [0.1, 0.15) is 36.1 Å². The number of rotatable bonds is 9. The summed E-state index contributed by atoms with van der Waals surface area (Å²) in [5, 5.41) is 9.26. The normalized spacial score (nSPS) is 13.7. The molecule has 0 saturated heterocycles. The molecule has 1 amide bonds. The van der Waals surface area contributed by atoms with E-state index in [1.54, 1.807) is 17.8 Å². The van der Waals surface area contributed by atoms with Gasteiger partial charge in [0.1, 0.15) is 11.5 Å². The summed E-state index contributed by atoms with van der Waals surface area (Å²) in [6.45, 7) is 3.59. The number of carbonyl (C=O) groups is 1. The molecule has 1 aliphatic carbocycles. The number of hydrogen-bond donors (Lipinski definition) is 3. The van der Waals surface area contributed by atoms with Crippen molar-refractivity contribution in [3.63, 3.8) is 0 Å². The van der Waals surface area contributed by atoms with Crippen molar-refractivity contribution in [1.29, 1.82) is 0 Å². The Morgan fingerprint density at radius 1 is 1.26 bits per heavy atom. The summed E-state index contributed by atoms with van der Waals surface area (Å²) in [5.41, 5.74) is 0.499. The third-order valence-corrected chi connectivity index (χ3v) is 4.20. The predicted octanol–water partition coefficient (Wildman–Crippen LogP) is 0.777. The number of likely N-dealkylation sites (N-methyl/N-ethyl adjacent to an activating group) is 1. The first-order chi connectivity index (χ1) is 13.0. The average Bonchev–Trinajstić information content (AvgIpc) is 3.37. The molecular formula is C17H27N9O. The van der Waals surface area contributed by atoms with Gasteiger partial charge in [0.2, 0.25) is 17.8 Å². The zero-order valence-electron chi connectivity index (χ0n) is 16.3. The fraction of sp³-hybridized carbons (Fsp3) is 0.588. The monoisotopic (exact) mass is 373 g/mol. The van der Waals surface area contributed by atoms with Gasteiger partial charge in [0.05, 0.1) is 6.20 Å². The van der Waals surface area contributed by atoms with Gasteiger partial charge in [-0.15, -0.1) is 0 Å². The number of carbonyl (C=O) groups excluding carboxylic acids is 1. The van der Waals surface area contributed by atoms with E-state index in [-0.39, 0.29) is 5.91 Å². The van der Waals surface area contributed by atoms with Crippen molar-refractivity contribution >= 4 is 23.8 Å². The highest BCUT2D eigenvalue weighted by molar-refractivity contribution is 5.93. The predicted molar refractivity (Wildman–Crippen MR) is 103 cm³/mol. The average molecular weight is 373 g/mol. The highest BCUT2D eigenvalue weighted by Gasteiger charge is 2.25. The lowest BCUT2D eigenvalue weighted by Gasteiger charge is -2.12. The van der Waals surface area contributed by atoms with E-state index in [9.17, 15) is 4.79 Å². The Hall–Kier alpha value is -2.75. The minimum absolute atomic E-state index is 0.114. The number of nitrogens with one attached hydrogen (secondary N) is 3. The quantitative estimate of drug-likeness (QED) is 0.591. The third kappa shape index (κ3) is 5.13.